The molecule has 0 aliphatic carbocycles. The number of ether oxygens (including phenoxy) is 1. The smallest absolute Gasteiger partial charge is 0.485 e. The summed E-state index contributed by atoms with van der Waals surface area (Å²) in [7, 11) is -0.186. The minimum atomic E-state index is -4.83. The lowest BCUT2D eigenvalue weighted by Crippen LogP contribution is -2.35. The highest BCUT2D eigenvalue weighted by atomic mass is 19.4. The Bertz CT molecular complexity index is 1560. The van der Waals surface area contributed by atoms with Gasteiger partial charge >= 0.3 is 18.9 Å². The van der Waals surface area contributed by atoms with Crippen molar-refractivity contribution in [3.63, 3.8) is 0 Å². The molecule has 2 aromatic heterocycles. The third kappa shape index (κ3) is 5.79. The second-order valence-corrected chi connectivity index (χ2v) is 8.39. The summed E-state index contributed by atoms with van der Waals surface area (Å²) in [6.45, 7) is -0.133. The number of nitrogens with two attached hydrogens (primary N) is 1. The predicted octanol–water partition coefficient (Wildman–Crippen LogP) is 2.20. The lowest BCUT2D eigenvalue weighted by atomic mass is 9.77. The van der Waals surface area contributed by atoms with Crippen molar-refractivity contribution in [3.8, 4) is 5.75 Å². The van der Waals surface area contributed by atoms with Crippen LogP contribution in [0.5, 0.6) is 5.75 Å². The van der Waals surface area contributed by atoms with Gasteiger partial charge in [0.15, 0.2) is 0 Å². The van der Waals surface area contributed by atoms with Crippen LogP contribution in [0.25, 0.3) is 11.0 Å². The van der Waals surface area contributed by atoms with E-state index >= 15 is 0 Å². The van der Waals surface area contributed by atoms with E-state index in [0.717, 1.165) is 0 Å². The molecule has 4 rings (SSSR count). The quantitative estimate of drug-likeness (QED) is 0.234. The van der Waals surface area contributed by atoms with Crippen molar-refractivity contribution < 1.29 is 37.2 Å². The Balaban J connectivity index is 1.81. The fourth-order valence-electron chi connectivity index (χ4n) is 3.95. The largest absolute Gasteiger partial charge is 0.488 e. The first-order valence-electron chi connectivity index (χ1n) is 11.2. The van der Waals surface area contributed by atoms with Gasteiger partial charge < -0.3 is 29.8 Å². The lowest BCUT2D eigenvalue weighted by Gasteiger charge is -2.24. The Morgan fingerprint density at radius 2 is 1.87 bits per heavy atom. The zero-order valence-corrected chi connectivity index (χ0v) is 19.9. The van der Waals surface area contributed by atoms with E-state index in [-0.39, 0.29) is 46.7 Å². The number of nitrogens with zero attached hydrogens (tertiary/aromatic N) is 2. The van der Waals surface area contributed by atoms with Crippen LogP contribution in [0.2, 0.25) is 0 Å². The molecule has 2 aromatic carbocycles. The number of hydrogen-bond donors (Lipinski definition) is 3. The number of primary amides is 1. The van der Waals surface area contributed by atoms with Crippen molar-refractivity contribution in [2.24, 2.45) is 5.73 Å². The van der Waals surface area contributed by atoms with Crippen LogP contribution in [0.15, 0.2) is 69.9 Å². The maximum atomic E-state index is 13.8. The molecule has 0 saturated heterocycles. The molecule has 4 N–H and O–H groups in total. The van der Waals surface area contributed by atoms with Gasteiger partial charge in [-0.3, -0.25) is 4.79 Å². The van der Waals surface area contributed by atoms with E-state index in [1.54, 1.807) is 42.3 Å². The van der Waals surface area contributed by atoms with Crippen LogP contribution in [0.1, 0.15) is 27.3 Å². The molecule has 0 fully saturated rings. The number of aromatic nitrogens is 1. The average Bonchev–Trinajstić information content (AvgIpc) is 2.86. The average molecular weight is 527 g/mol. The van der Waals surface area contributed by atoms with Gasteiger partial charge in [-0.15, -0.1) is 0 Å². The lowest BCUT2D eigenvalue weighted by molar-refractivity contribution is -0.136. The highest BCUT2D eigenvalue weighted by Crippen LogP contribution is 2.39. The summed E-state index contributed by atoms with van der Waals surface area (Å²) in [6.07, 6.45) is -4.83. The zero-order valence-electron chi connectivity index (χ0n) is 19.9. The molecule has 0 aliphatic rings. The fourth-order valence-corrected chi connectivity index (χ4v) is 3.95. The van der Waals surface area contributed by atoms with Crippen LogP contribution in [-0.2, 0) is 19.3 Å². The number of halogens is 3. The van der Waals surface area contributed by atoms with E-state index < -0.39 is 30.4 Å². The van der Waals surface area contributed by atoms with Gasteiger partial charge in [-0.1, -0.05) is 30.3 Å². The molecule has 4 aromatic rings. The Kier molecular flexibility index (Phi) is 7.42. The van der Waals surface area contributed by atoms with Gasteiger partial charge in [-0.05, 0) is 29.2 Å². The molecule has 0 atom stereocenters. The number of rotatable bonds is 8. The summed E-state index contributed by atoms with van der Waals surface area (Å²) in [5, 5.41) is 19.1. The summed E-state index contributed by atoms with van der Waals surface area (Å²) < 4.78 is 52.2. The van der Waals surface area contributed by atoms with Gasteiger partial charge in [0.2, 0.25) is 0 Å². The topological polar surface area (TPSA) is 139 Å². The van der Waals surface area contributed by atoms with E-state index in [9.17, 15) is 32.8 Å². The van der Waals surface area contributed by atoms with Gasteiger partial charge in [0, 0.05) is 31.1 Å². The first-order valence-corrected chi connectivity index (χ1v) is 11.2. The fraction of sp³-hybridized carbons (Fsp3) is 0.160. The molecule has 9 nitrogen and oxygen atoms in total. The number of benzene rings is 2. The molecular weight excluding hydrogens is 506 g/mol. The maximum Gasteiger partial charge on any atom is 0.488 e. The number of fused-ring (bicyclic) bond motifs is 1. The van der Waals surface area contributed by atoms with Gasteiger partial charge in [-0.25, -0.2) is 9.78 Å². The standard InChI is InChI=1S/C25H21BF3N3O6/c1-32(12-14-5-2-3-7-18(14)26(35)36)20-9-16-17(25(27,28)29)10-23(33)38-21(16)11-22(20)37-13-15-6-4-8-19(31-15)24(30)34/h2-11,35-36H,12-13H2,1H3,(H2,30,34). The monoisotopic (exact) mass is 527 g/mol. The first-order chi connectivity index (χ1) is 17.9. The minimum absolute atomic E-state index is 0.00179. The number of amides is 1. The Hall–Kier alpha value is -4.36. The van der Waals surface area contributed by atoms with Gasteiger partial charge in [0.25, 0.3) is 5.91 Å². The molecule has 0 spiro atoms. The summed E-state index contributed by atoms with van der Waals surface area (Å²) >= 11 is 0. The number of carbonyl (C=O) groups excluding carboxylic acids is 1. The second kappa shape index (κ2) is 10.6. The number of anilines is 1. The van der Waals surface area contributed by atoms with Crippen LogP contribution < -0.4 is 26.5 Å². The van der Waals surface area contributed by atoms with Crippen molar-refractivity contribution in [1.82, 2.24) is 4.98 Å². The van der Waals surface area contributed by atoms with Gasteiger partial charge in [0.05, 0.1) is 16.9 Å². The molecule has 1 amide bonds. The molecule has 196 valence electrons. The van der Waals surface area contributed by atoms with E-state index in [1.807, 2.05) is 0 Å². The number of alkyl halides is 3. The normalized spacial score (nSPS) is 11.4. The molecule has 38 heavy (non-hydrogen) atoms. The minimum Gasteiger partial charge on any atom is -0.485 e. The first kappa shape index (κ1) is 26.7. The third-order valence-electron chi connectivity index (χ3n) is 5.72. The summed E-state index contributed by atoms with van der Waals surface area (Å²) in [4.78, 5) is 29.0. The van der Waals surface area contributed by atoms with Crippen molar-refractivity contribution >= 4 is 35.1 Å². The van der Waals surface area contributed by atoms with Crippen molar-refractivity contribution in [2.45, 2.75) is 19.3 Å². The Labute approximate surface area is 214 Å². The van der Waals surface area contributed by atoms with Crippen molar-refractivity contribution in [3.05, 3.63) is 93.6 Å². The SMILES string of the molecule is CN(Cc1ccccc1B(O)O)c1cc2c(C(F)(F)F)cc(=O)oc2cc1OCc1cccc(C(N)=O)n1. The van der Waals surface area contributed by atoms with Crippen LogP contribution in [-0.4, -0.2) is 35.1 Å². The Morgan fingerprint density at radius 3 is 2.55 bits per heavy atom. The molecular formula is C25H21BF3N3O6. The van der Waals surface area contributed by atoms with Crippen LogP contribution in [0.3, 0.4) is 0 Å². The molecule has 2 heterocycles. The van der Waals surface area contributed by atoms with Crippen molar-refractivity contribution in [1.29, 1.82) is 0 Å². The molecule has 0 saturated carbocycles. The van der Waals surface area contributed by atoms with E-state index in [1.165, 1.54) is 24.3 Å². The maximum absolute atomic E-state index is 13.8. The highest BCUT2D eigenvalue weighted by Gasteiger charge is 2.34. The Morgan fingerprint density at radius 1 is 1.13 bits per heavy atom. The molecule has 0 aliphatic heterocycles. The zero-order chi connectivity index (χ0) is 27.6. The van der Waals surface area contributed by atoms with Crippen LogP contribution in [0, 0.1) is 0 Å². The van der Waals surface area contributed by atoms with Crippen molar-refractivity contribution in [2.75, 3.05) is 11.9 Å². The number of pyridine rings is 1. The molecule has 13 heteroatoms. The highest BCUT2D eigenvalue weighted by molar-refractivity contribution is 6.59. The van der Waals surface area contributed by atoms with Gasteiger partial charge in [-0.2, -0.15) is 13.2 Å². The van der Waals surface area contributed by atoms with Crippen LogP contribution >= 0.6 is 0 Å². The third-order valence-corrected chi connectivity index (χ3v) is 5.72. The predicted molar refractivity (Wildman–Crippen MR) is 133 cm³/mol. The summed E-state index contributed by atoms with van der Waals surface area (Å²) in [6, 6.07) is 13.7. The second-order valence-electron chi connectivity index (χ2n) is 8.39. The number of hydrogen-bond acceptors (Lipinski definition) is 8. The van der Waals surface area contributed by atoms with E-state index in [2.05, 4.69) is 4.98 Å². The molecule has 0 radical (unpaired) electrons. The van der Waals surface area contributed by atoms with Crippen LogP contribution in [0.4, 0.5) is 18.9 Å². The van der Waals surface area contributed by atoms with Gasteiger partial charge in [0.1, 0.15) is 23.6 Å². The summed E-state index contributed by atoms with van der Waals surface area (Å²) in [5.74, 6) is -0.694. The van der Waals surface area contributed by atoms with E-state index in [0.29, 0.717) is 17.3 Å². The summed E-state index contributed by atoms with van der Waals surface area (Å²) in [5.41, 5.74) is 3.79. The van der Waals surface area contributed by atoms with E-state index in [4.69, 9.17) is 14.9 Å². The molecule has 0 bridgehead atoms. The molecule has 0 unspecified atom stereocenters. The number of carbonyl (C=O) groups is 1.